The van der Waals surface area contributed by atoms with E-state index in [1.165, 1.54) is 24.8 Å². The van der Waals surface area contributed by atoms with E-state index in [4.69, 9.17) is 0 Å². The van der Waals surface area contributed by atoms with Gasteiger partial charge in [0.2, 0.25) is 5.91 Å². The molecule has 1 fully saturated rings. The lowest BCUT2D eigenvalue weighted by atomic mass is 9.80. The Kier molecular flexibility index (Phi) is 9.05. The van der Waals surface area contributed by atoms with Crippen LogP contribution in [0.25, 0.3) is 0 Å². The van der Waals surface area contributed by atoms with Gasteiger partial charge in [0.25, 0.3) is 5.91 Å². The molecule has 2 aromatic carbocycles. The molecule has 0 radical (unpaired) electrons. The quantitative estimate of drug-likeness (QED) is 0.351. The smallest absolute Gasteiger partial charge is 0.254 e. The molecule has 0 spiro atoms. The molecule has 1 aromatic heterocycles. The van der Waals surface area contributed by atoms with Gasteiger partial charge in [-0.1, -0.05) is 81.6 Å². The Hall–Kier alpha value is -3.38. The first-order valence-electron chi connectivity index (χ1n) is 15.0. The van der Waals surface area contributed by atoms with Crippen molar-refractivity contribution in [2.75, 3.05) is 13.1 Å². The van der Waals surface area contributed by atoms with Crippen molar-refractivity contribution < 1.29 is 9.59 Å². The SMILES string of the molecule is CC(C)[C@H](NC[C@@H]1c2ccccc2C(=O)N(CCc2ccccc2)[C@H]1c1cccn1C)C(=O)NC1CCCCC1. The van der Waals surface area contributed by atoms with E-state index in [2.05, 4.69) is 89.7 Å². The number of amides is 2. The van der Waals surface area contributed by atoms with Crippen LogP contribution in [0.5, 0.6) is 0 Å². The highest BCUT2D eigenvalue weighted by Gasteiger charge is 2.41. The fourth-order valence-corrected chi connectivity index (χ4v) is 6.61. The van der Waals surface area contributed by atoms with Gasteiger partial charge >= 0.3 is 0 Å². The number of aryl methyl sites for hydroxylation is 1. The van der Waals surface area contributed by atoms with E-state index in [9.17, 15) is 9.59 Å². The van der Waals surface area contributed by atoms with Gasteiger partial charge in [0.1, 0.15) is 0 Å². The zero-order valence-corrected chi connectivity index (χ0v) is 24.2. The summed E-state index contributed by atoms with van der Waals surface area (Å²) >= 11 is 0. The van der Waals surface area contributed by atoms with E-state index >= 15 is 0 Å². The van der Waals surface area contributed by atoms with Gasteiger partial charge in [0.05, 0.1) is 12.1 Å². The van der Waals surface area contributed by atoms with E-state index in [0.717, 1.165) is 36.1 Å². The van der Waals surface area contributed by atoms with Gasteiger partial charge in [-0.25, -0.2) is 0 Å². The second kappa shape index (κ2) is 12.9. The minimum atomic E-state index is -0.293. The Morgan fingerprint density at radius 3 is 2.38 bits per heavy atom. The third kappa shape index (κ3) is 6.17. The molecule has 2 N–H and O–H groups in total. The van der Waals surface area contributed by atoms with E-state index in [1.54, 1.807) is 0 Å². The first-order chi connectivity index (χ1) is 19.4. The van der Waals surface area contributed by atoms with Crippen molar-refractivity contribution in [3.8, 4) is 0 Å². The molecule has 0 bridgehead atoms. The summed E-state index contributed by atoms with van der Waals surface area (Å²) in [7, 11) is 2.05. The van der Waals surface area contributed by atoms with Crippen molar-refractivity contribution in [2.24, 2.45) is 13.0 Å². The van der Waals surface area contributed by atoms with Crippen LogP contribution in [0.3, 0.4) is 0 Å². The Labute approximate surface area is 239 Å². The van der Waals surface area contributed by atoms with E-state index in [-0.39, 0.29) is 41.8 Å². The standard InChI is InChI=1S/C34H44N4O2/c1-24(2)31(33(39)36-26-15-8-5-9-16-26)35-23-29-27-17-10-11-18-28(27)34(40)38(22-20-25-13-6-4-7-14-25)32(29)30-19-12-21-37(30)3/h4,6-7,10-14,17-19,21,24,26,29,31-32,35H,5,8-9,15-16,20,22-23H2,1-3H3,(H,36,39)/t29-,31+,32-/m1/s1. The molecule has 2 heterocycles. The molecule has 2 amide bonds. The fourth-order valence-electron chi connectivity index (χ4n) is 6.61. The van der Waals surface area contributed by atoms with Crippen LogP contribution in [0, 0.1) is 5.92 Å². The van der Waals surface area contributed by atoms with Gasteiger partial charge < -0.3 is 20.1 Å². The van der Waals surface area contributed by atoms with Crippen LogP contribution >= 0.6 is 0 Å². The average molecular weight is 541 g/mol. The number of hydrogen-bond donors (Lipinski definition) is 2. The lowest BCUT2D eigenvalue weighted by Crippen LogP contribution is -2.53. The van der Waals surface area contributed by atoms with E-state index in [1.807, 2.05) is 24.3 Å². The molecule has 1 saturated carbocycles. The maximum atomic E-state index is 14.0. The van der Waals surface area contributed by atoms with Gasteiger partial charge in [-0.3, -0.25) is 9.59 Å². The predicted molar refractivity (Wildman–Crippen MR) is 160 cm³/mol. The molecule has 40 heavy (non-hydrogen) atoms. The molecule has 0 unspecified atom stereocenters. The third-order valence-corrected chi connectivity index (χ3v) is 8.80. The van der Waals surface area contributed by atoms with Crippen molar-refractivity contribution in [2.45, 2.75) is 76.4 Å². The van der Waals surface area contributed by atoms with Crippen molar-refractivity contribution >= 4 is 11.8 Å². The first kappa shape index (κ1) is 28.2. The first-order valence-corrected chi connectivity index (χ1v) is 15.0. The summed E-state index contributed by atoms with van der Waals surface area (Å²) in [5.74, 6) is 0.316. The summed E-state index contributed by atoms with van der Waals surface area (Å²) in [6, 6.07) is 22.4. The second-order valence-corrected chi connectivity index (χ2v) is 11.9. The number of carbonyl (C=O) groups excluding carboxylic acids is 2. The number of fused-ring (bicyclic) bond motifs is 1. The summed E-state index contributed by atoms with van der Waals surface area (Å²) in [5.41, 5.74) is 4.14. The van der Waals surface area contributed by atoms with E-state index < -0.39 is 0 Å². The van der Waals surface area contributed by atoms with Crippen molar-refractivity contribution in [3.63, 3.8) is 0 Å². The van der Waals surface area contributed by atoms with Crippen LogP contribution in [0.4, 0.5) is 0 Å². The number of aromatic nitrogens is 1. The fraction of sp³-hybridized carbons (Fsp3) is 0.471. The molecular weight excluding hydrogens is 496 g/mol. The van der Waals surface area contributed by atoms with Crippen LogP contribution in [0.1, 0.15) is 85.1 Å². The Balaban J connectivity index is 1.44. The predicted octanol–water partition coefficient (Wildman–Crippen LogP) is 5.61. The maximum absolute atomic E-state index is 14.0. The number of hydrogen-bond acceptors (Lipinski definition) is 3. The summed E-state index contributed by atoms with van der Waals surface area (Å²) < 4.78 is 2.13. The zero-order chi connectivity index (χ0) is 28.1. The van der Waals surface area contributed by atoms with Crippen LogP contribution in [0.15, 0.2) is 72.9 Å². The molecule has 3 aromatic rings. The second-order valence-electron chi connectivity index (χ2n) is 11.9. The average Bonchev–Trinajstić information content (AvgIpc) is 3.39. The Morgan fingerprint density at radius 2 is 1.68 bits per heavy atom. The normalized spacial score (nSPS) is 20.4. The lowest BCUT2D eigenvalue weighted by molar-refractivity contribution is -0.125. The van der Waals surface area contributed by atoms with Crippen molar-refractivity contribution in [1.29, 1.82) is 0 Å². The minimum Gasteiger partial charge on any atom is -0.353 e. The molecule has 212 valence electrons. The molecule has 6 nitrogen and oxygen atoms in total. The molecule has 6 heteroatoms. The highest BCUT2D eigenvalue weighted by atomic mass is 16.2. The van der Waals surface area contributed by atoms with Crippen LogP contribution in [-0.4, -0.2) is 46.5 Å². The monoisotopic (exact) mass is 540 g/mol. The minimum absolute atomic E-state index is 0.00186. The van der Waals surface area contributed by atoms with Crippen LogP contribution in [0.2, 0.25) is 0 Å². The largest absolute Gasteiger partial charge is 0.353 e. The molecule has 0 saturated heterocycles. The third-order valence-electron chi connectivity index (χ3n) is 8.80. The van der Waals surface area contributed by atoms with Gasteiger partial charge in [-0.2, -0.15) is 0 Å². The number of nitrogens with zero attached hydrogens (tertiary/aromatic N) is 2. The number of nitrogens with one attached hydrogen (secondary N) is 2. The summed E-state index contributed by atoms with van der Waals surface area (Å²) in [5, 5.41) is 7.02. The summed E-state index contributed by atoms with van der Waals surface area (Å²) in [6.07, 6.45) is 8.62. The summed E-state index contributed by atoms with van der Waals surface area (Å²) in [4.78, 5) is 29.5. The van der Waals surface area contributed by atoms with Gasteiger partial charge in [0.15, 0.2) is 0 Å². The topological polar surface area (TPSA) is 66.4 Å². The molecule has 1 aliphatic carbocycles. The number of benzene rings is 2. The highest BCUT2D eigenvalue weighted by Crippen LogP contribution is 2.42. The lowest BCUT2D eigenvalue weighted by Gasteiger charge is -2.43. The van der Waals surface area contributed by atoms with Gasteiger partial charge in [-0.05, 0) is 54.5 Å². The molecule has 1 aliphatic heterocycles. The molecule has 2 aliphatic rings. The van der Waals surface area contributed by atoms with Crippen molar-refractivity contribution in [1.82, 2.24) is 20.1 Å². The Bertz CT molecular complexity index is 1280. The molecule has 3 atom stereocenters. The van der Waals surface area contributed by atoms with Crippen LogP contribution < -0.4 is 10.6 Å². The zero-order valence-electron chi connectivity index (χ0n) is 24.2. The van der Waals surface area contributed by atoms with Crippen molar-refractivity contribution in [3.05, 3.63) is 95.3 Å². The number of carbonyl (C=O) groups is 2. The molecule has 5 rings (SSSR count). The summed E-state index contributed by atoms with van der Waals surface area (Å²) in [6.45, 7) is 5.44. The van der Waals surface area contributed by atoms with Gasteiger partial charge in [-0.15, -0.1) is 0 Å². The van der Waals surface area contributed by atoms with E-state index in [0.29, 0.717) is 13.1 Å². The maximum Gasteiger partial charge on any atom is 0.254 e. The molecular formula is C34H44N4O2. The van der Waals surface area contributed by atoms with Crippen LogP contribution in [-0.2, 0) is 18.3 Å². The number of rotatable bonds is 10. The Morgan fingerprint density at radius 1 is 0.950 bits per heavy atom. The highest BCUT2D eigenvalue weighted by molar-refractivity contribution is 5.97. The van der Waals surface area contributed by atoms with Gasteiger partial charge in [0, 0.05) is 49.6 Å².